The summed E-state index contributed by atoms with van der Waals surface area (Å²) in [6.07, 6.45) is 6.74. The summed E-state index contributed by atoms with van der Waals surface area (Å²) in [5.74, 6) is 2.00. The van der Waals surface area contributed by atoms with Crippen LogP contribution in [0.25, 0.3) is 0 Å². The van der Waals surface area contributed by atoms with Gasteiger partial charge in [-0.25, -0.2) is 4.39 Å². The van der Waals surface area contributed by atoms with Crippen molar-refractivity contribution >= 4 is 17.7 Å². The van der Waals surface area contributed by atoms with Gasteiger partial charge in [-0.15, -0.1) is 0 Å². The van der Waals surface area contributed by atoms with Crippen LogP contribution >= 0.6 is 11.8 Å². The van der Waals surface area contributed by atoms with Crippen molar-refractivity contribution in [3.8, 4) is 0 Å². The number of nitrogens with one attached hydrogen (secondary N) is 2. The van der Waals surface area contributed by atoms with Crippen LogP contribution in [-0.2, 0) is 6.54 Å². The van der Waals surface area contributed by atoms with Crippen molar-refractivity contribution in [2.75, 3.05) is 38.2 Å². The lowest BCUT2D eigenvalue weighted by Crippen LogP contribution is -2.48. The Morgan fingerprint density at radius 2 is 1.96 bits per heavy atom. The molecule has 0 bridgehead atoms. The Labute approximate surface area is 162 Å². The first-order valence-electron chi connectivity index (χ1n) is 9.72. The molecule has 26 heavy (non-hydrogen) atoms. The van der Waals surface area contributed by atoms with Gasteiger partial charge in [-0.2, -0.15) is 11.8 Å². The molecule has 0 aromatic heterocycles. The van der Waals surface area contributed by atoms with Crippen molar-refractivity contribution in [1.29, 1.82) is 0 Å². The minimum absolute atomic E-state index is 0.166. The van der Waals surface area contributed by atoms with Gasteiger partial charge in [0.15, 0.2) is 5.96 Å². The zero-order valence-corrected chi connectivity index (χ0v) is 17.0. The van der Waals surface area contributed by atoms with Crippen LogP contribution in [0.5, 0.6) is 0 Å². The number of unbranched alkanes of at least 4 members (excludes halogenated alkanes) is 1. The summed E-state index contributed by atoms with van der Waals surface area (Å²) in [6.45, 7) is 6.90. The summed E-state index contributed by atoms with van der Waals surface area (Å²) in [7, 11) is 0. The molecule has 1 heterocycles. The van der Waals surface area contributed by atoms with Crippen LogP contribution in [0.15, 0.2) is 29.3 Å². The number of halogens is 1. The van der Waals surface area contributed by atoms with Gasteiger partial charge < -0.3 is 10.6 Å². The highest BCUT2D eigenvalue weighted by molar-refractivity contribution is 7.98. The molecule has 2 N–H and O–H groups in total. The molecule has 0 saturated carbocycles. The summed E-state index contributed by atoms with van der Waals surface area (Å²) >= 11 is 1.90. The molecule has 0 spiro atoms. The molecule has 1 aliphatic heterocycles. The standard InChI is InChI=1S/C20H33FN4S/c1-3-22-20(23-12-4-5-15-26-2)24-19-10-13-25(14-11-19)16-17-6-8-18(21)9-7-17/h6-9,19H,3-5,10-16H2,1-2H3,(H2,22,23,24). The van der Waals surface area contributed by atoms with Gasteiger partial charge >= 0.3 is 0 Å². The fourth-order valence-electron chi connectivity index (χ4n) is 3.15. The Hall–Kier alpha value is -1.27. The predicted molar refractivity (Wildman–Crippen MR) is 111 cm³/mol. The van der Waals surface area contributed by atoms with E-state index in [4.69, 9.17) is 4.99 Å². The Bertz CT molecular complexity index is 527. The van der Waals surface area contributed by atoms with Gasteiger partial charge in [0.05, 0.1) is 0 Å². The number of hydrogen-bond donors (Lipinski definition) is 2. The summed E-state index contributed by atoms with van der Waals surface area (Å²) in [5.41, 5.74) is 1.18. The van der Waals surface area contributed by atoms with E-state index in [1.165, 1.54) is 17.7 Å². The maximum Gasteiger partial charge on any atom is 0.191 e. The molecule has 1 aromatic rings. The molecule has 2 rings (SSSR count). The average molecular weight is 381 g/mol. The molecule has 0 amide bonds. The molecular formula is C20H33FN4S. The van der Waals surface area contributed by atoms with Gasteiger partial charge in [0.1, 0.15) is 5.82 Å². The number of likely N-dealkylation sites (tertiary alicyclic amines) is 1. The van der Waals surface area contributed by atoms with Crippen LogP contribution < -0.4 is 10.6 Å². The van der Waals surface area contributed by atoms with Crippen molar-refractivity contribution in [1.82, 2.24) is 15.5 Å². The normalized spacial score (nSPS) is 16.7. The SMILES string of the molecule is CCNC(=NCCCCSC)NC1CCN(Cc2ccc(F)cc2)CC1. The summed E-state index contributed by atoms with van der Waals surface area (Å²) in [6, 6.07) is 7.33. The molecule has 0 atom stereocenters. The molecule has 1 aromatic carbocycles. The van der Waals surface area contributed by atoms with Crippen LogP contribution in [0.2, 0.25) is 0 Å². The molecule has 6 heteroatoms. The number of rotatable bonds is 9. The number of piperidine rings is 1. The van der Waals surface area contributed by atoms with Gasteiger partial charge in [-0.05, 0) is 62.3 Å². The quantitative estimate of drug-likeness (QED) is 0.391. The number of benzene rings is 1. The Morgan fingerprint density at radius 1 is 1.23 bits per heavy atom. The highest BCUT2D eigenvalue weighted by Gasteiger charge is 2.20. The largest absolute Gasteiger partial charge is 0.357 e. The van der Waals surface area contributed by atoms with Gasteiger partial charge in [0.2, 0.25) is 0 Å². The molecule has 1 saturated heterocycles. The van der Waals surface area contributed by atoms with Crippen molar-refractivity contribution in [2.24, 2.45) is 4.99 Å². The van der Waals surface area contributed by atoms with E-state index >= 15 is 0 Å². The second-order valence-electron chi connectivity index (χ2n) is 6.78. The maximum atomic E-state index is 13.0. The van der Waals surface area contributed by atoms with E-state index < -0.39 is 0 Å². The number of nitrogens with zero attached hydrogens (tertiary/aromatic N) is 2. The van der Waals surface area contributed by atoms with Gasteiger partial charge in [-0.3, -0.25) is 9.89 Å². The third-order valence-electron chi connectivity index (χ3n) is 4.62. The van der Waals surface area contributed by atoms with Crippen molar-refractivity contribution in [2.45, 2.75) is 45.2 Å². The first-order valence-corrected chi connectivity index (χ1v) is 11.1. The van der Waals surface area contributed by atoms with Crippen molar-refractivity contribution in [3.63, 3.8) is 0 Å². The minimum Gasteiger partial charge on any atom is -0.357 e. The molecular weight excluding hydrogens is 347 g/mol. The van der Waals surface area contributed by atoms with E-state index in [0.717, 1.165) is 57.9 Å². The lowest BCUT2D eigenvalue weighted by molar-refractivity contribution is 0.198. The summed E-state index contributed by atoms with van der Waals surface area (Å²) < 4.78 is 13.0. The van der Waals surface area contributed by atoms with E-state index in [1.54, 1.807) is 12.1 Å². The number of hydrogen-bond acceptors (Lipinski definition) is 3. The molecule has 1 aliphatic rings. The fourth-order valence-corrected chi connectivity index (χ4v) is 3.64. The number of thioether (sulfide) groups is 1. The van der Waals surface area contributed by atoms with Gasteiger partial charge in [-0.1, -0.05) is 12.1 Å². The van der Waals surface area contributed by atoms with Crippen LogP contribution in [-0.4, -0.2) is 55.1 Å². The number of aliphatic imine (C=N–C) groups is 1. The van der Waals surface area contributed by atoms with Crippen molar-refractivity contribution < 1.29 is 4.39 Å². The van der Waals surface area contributed by atoms with Crippen molar-refractivity contribution in [3.05, 3.63) is 35.6 Å². The first kappa shape index (κ1) is 21.0. The molecule has 0 aliphatic carbocycles. The highest BCUT2D eigenvalue weighted by Crippen LogP contribution is 2.14. The third kappa shape index (κ3) is 7.96. The first-order chi connectivity index (χ1) is 12.7. The zero-order chi connectivity index (χ0) is 18.6. The van der Waals surface area contributed by atoms with Gasteiger partial charge in [0, 0.05) is 38.8 Å². The monoisotopic (exact) mass is 380 g/mol. The topological polar surface area (TPSA) is 39.7 Å². The van der Waals surface area contributed by atoms with E-state index in [2.05, 4.69) is 28.7 Å². The lowest BCUT2D eigenvalue weighted by atomic mass is 10.0. The average Bonchev–Trinajstić information content (AvgIpc) is 2.65. The molecule has 1 fully saturated rings. The molecule has 146 valence electrons. The summed E-state index contributed by atoms with van der Waals surface area (Å²) in [4.78, 5) is 7.15. The fraction of sp³-hybridized carbons (Fsp3) is 0.650. The van der Waals surface area contributed by atoms with E-state index in [9.17, 15) is 4.39 Å². The summed E-state index contributed by atoms with van der Waals surface area (Å²) in [5, 5.41) is 6.96. The maximum absolute atomic E-state index is 13.0. The Balaban J connectivity index is 1.72. The minimum atomic E-state index is -0.166. The van der Waals surface area contributed by atoms with Crippen LogP contribution in [0.1, 0.15) is 38.2 Å². The van der Waals surface area contributed by atoms with E-state index in [1.807, 2.05) is 23.9 Å². The number of guanidine groups is 1. The van der Waals surface area contributed by atoms with Crippen LogP contribution in [0, 0.1) is 5.82 Å². The predicted octanol–water partition coefficient (Wildman–Crippen LogP) is 3.49. The Morgan fingerprint density at radius 3 is 2.62 bits per heavy atom. The smallest absolute Gasteiger partial charge is 0.191 e. The molecule has 0 radical (unpaired) electrons. The highest BCUT2D eigenvalue weighted by atomic mass is 32.2. The molecule has 4 nitrogen and oxygen atoms in total. The molecule has 0 unspecified atom stereocenters. The lowest BCUT2D eigenvalue weighted by Gasteiger charge is -2.33. The Kier molecular flexibility index (Phi) is 9.85. The third-order valence-corrected chi connectivity index (χ3v) is 5.32. The zero-order valence-electron chi connectivity index (χ0n) is 16.1. The van der Waals surface area contributed by atoms with Crippen LogP contribution in [0.3, 0.4) is 0 Å². The van der Waals surface area contributed by atoms with Gasteiger partial charge in [0.25, 0.3) is 0 Å². The second kappa shape index (κ2) is 12.2. The van der Waals surface area contributed by atoms with Crippen LogP contribution in [0.4, 0.5) is 4.39 Å². The second-order valence-corrected chi connectivity index (χ2v) is 7.77. The van der Waals surface area contributed by atoms with E-state index in [0.29, 0.717) is 6.04 Å². The van der Waals surface area contributed by atoms with E-state index in [-0.39, 0.29) is 5.82 Å².